The molecule has 0 saturated heterocycles. The molecule has 0 heterocycles. The van der Waals surface area contributed by atoms with Gasteiger partial charge in [-0.3, -0.25) is 0 Å². The fourth-order valence-electron chi connectivity index (χ4n) is 3.02. The summed E-state index contributed by atoms with van der Waals surface area (Å²) in [6.07, 6.45) is 2.48. The molecule has 0 aromatic heterocycles. The maximum absolute atomic E-state index is 6.29. The molecule has 1 aromatic carbocycles. The molecule has 1 aromatic rings. The van der Waals surface area contributed by atoms with E-state index in [2.05, 4.69) is 32.2 Å². The Kier molecular flexibility index (Phi) is 3.27. The fourth-order valence-corrected chi connectivity index (χ4v) is 3.28. The summed E-state index contributed by atoms with van der Waals surface area (Å²) in [5, 5.41) is 4.33. The Morgan fingerprint density at radius 3 is 2.56 bits per heavy atom. The van der Waals surface area contributed by atoms with Gasteiger partial charge >= 0.3 is 0 Å². The molecule has 1 aliphatic rings. The first-order valence-corrected chi connectivity index (χ1v) is 6.40. The molecule has 0 bridgehead atoms. The van der Waals surface area contributed by atoms with Crippen molar-refractivity contribution in [3.05, 3.63) is 33.3 Å². The van der Waals surface area contributed by atoms with Crippen LogP contribution in [0.15, 0.2) is 6.07 Å². The number of nitrogens with one attached hydrogen (secondary N) is 1. The van der Waals surface area contributed by atoms with Crippen LogP contribution in [0.2, 0.25) is 5.02 Å². The Bertz CT molecular complexity index is 412. The van der Waals surface area contributed by atoms with Crippen LogP contribution in [0.3, 0.4) is 0 Å². The van der Waals surface area contributed by atoms with Gasteiger partial charge in [-0.25, -0.2) is 0 Å². The van der Waals surface area contributed by atoms with Gasteiger partial charge in [0.25, 0.3) is 0 Å². The lowest BCUT2D eigenvalue weighted by atomic mass is 9.77. The second-order valence-corrected chi connectivity index (χ2v) is 5.35. The third kappa shape index (κ3) is 1.76. The van der Waals surface area contributed by atoms with Crippen molar-refractivity contribution >= 4 is 11.6 Å². The van der Waals surface area contributed by atoms with Gasteiger partial charge in [0.2, 0.25) is 0 Å². The van der Waals surface area contributed by atoms with E-state index in [-0.39, 0.29) is 0 Å². The number of hydrogen-bond donors (Lipinski definition) is 1. The lowest BCUT2D eigenvalue weighted by molar-refractivity contribution is 0.456. The van der Waals surface area contributed by atoms with Gasteiger partial charge in [-0.1, -0.05) is 18.5 Å². The monoisotopic (exact) mass is 237 g/mol. The van der Waals surface area contributed by atoms with Gasteiger partial charge < -0.3 is 5.32 Å². The minimum absolute atomic E-state index is 0.476. The molecule has 0 fully saturated rings. The zero-order valence-electron chi connectivity index (χ0n) is 10.5. The second-order valence-electron chi connectivity index (χ2n) is 4.95. The highest BCUT2D eigenvalue weighted by molar-refractivity contribution is 6.31. The van der Waals surface area contributed by atoms with E-state index >= 15 is 0 Å². The highest BCUT2D eigenvalue weighted by atomic mass is 35.5. The fraction of sp³-hybridized carbons (Fsp3) is 0.571. The van der Waals surface area contributed by atoms with Crippen LogP contribution in [0, 0.1) is 13.8 Å². The normalized spacial score (nSPS) is 24.3. The lowest BCUT2D eigenvalue weighted by Crippen LogP contribution is -2.25. The molecule has 0 spiro atoms. The van der Waals surface area contributed by atoms with Gasteiger partial charge in [-0.15, -0.1) is 0 Å². The number of aryl methyl sites for hydroxylation is 1. The predicted molar refractivity (Wildman–Crippen MR) is 70.4 cm³/mol. The van der Waals surface area contributed by atoms with Crippen molar-refractivity contribution in [1.82, 2.24) is 5.32 Å². The standard InChI is InChI=1S/C14H20ClN/c1-8-5-6-12(16-4)14-10(3)11(15)7-9(2)13(8)14/h7-8,12,16H,5-6H2,1-4H3. The van der Waals surface area contributed by atoms with E-state index in [9.17, 15) is 0 Å². The van der Waals surface area contributed by atoms with Gasteiger partial charge in [0.05, 0.1) is 0 Å². The van der Waals surface area contributed by atoms with E-state index in [4.69, 9.17) is 11.6 Å². The molecule has 1 nitrogen and oxygen atoms in total. The zero-order chi connectivity index (χ0) is 11.9. The van der Waals surface area contributed by atoms with Crippen molar-refractivity contribution in [2.45, 2.75) is 45.6 Å². The van der Waals surface area contributed by atoms with Crippen LogP contribution < -0.4 is 5.32 Å². The summed E-state index contributed by atoms with van der Waals surface area (Å²) in [4.78, 5) is 0. The van der Waals surface area contributed by atoms with E-state index in [0.717, 1.165) is 5.02 Å². The molecule has 2 unspecified atom stereocenters. The first-order chi connectivity index (χ1) is 7.56. The van der Waals surface area contributed by atoms with Gasteiger partial charge in [-0.05, 0) is 68.0 Å². The molecule has 1 aliphatic carbocycles. The minimum Gasteiger partial charge on any atom is -0.313 e. The largest absolute Gasteiger partial charge is 0.313 e. The highest BCUT2D eigenvalue weighted by Gasteiger charge is 2.27. The second kappa shape index (κ2) is 4.38. The van der Waals surface area contributed by atoms with Gasteiger partial charge in [0.1, 0.15) is 0 Å². The zero-order valence-corrected chi connectivity index (χ0v) is 11.3. The summed E-state index contributed by atoms with van der Waals surface area (Å²) < 4.78 is 0. The molecule has 88 valence electrons. The summed E-state index contributed by atoms with van der Waals surface area (Å²) in [6.45, 7) is 6.65. The average molecular weight is 238 g/mol. The number of fused-ring (bicyclic) bond motifs is 1. The molecule has 0 radical (unpaired) electrons. The third-order valence-corrected chi connectivity index (χ3v) is 4.29. The van der Waals surface area contributed by atoms with E-state index in [1.165, 1.54) is 35.1 Å². The summed E-state index contributed by atoms with van der Waals surface area (Å²) in [5.74, 6) is 0.663. The smallest absolute Gasteiger partial charge is 0.0441 e. The van der Waals surface area contributed by atoms with Crippen molar-refractivity contribution in [3.63, 3.8) is 0 Å². The molecular weight excluding hydrogens is 218 g/mol. The SMILES string of the molecule is CNC1CCC(C)c2c(C)cc(Cl)c(C)c21. The average Bonchev–Trinajstić information content (AvgIpc) is 2.25. The molecule has 0 aliphatic heterocycles. The van der Waals surface area contributed by atoms with Crippen LogP contribution in [0.1, 0.15) is 54.0 Å². The molecule has 0 saturated carbocycles. The van der Waals surface area contributed by atoms with Gasteiger partial charge in [0, 0.05) is 11.1 Å². The number of halogens is 1. The van der Waals surface area contributed by atoms with Crippen LogP contribution in [-0.4, -0.2) is 7.05 Å². The van der Waals surface area contributed by atoms with Crippen molar-refractivity contribution in [1.29, 1.82) is 0 Å². The van der Waals surface area contributed by atoms with E-state index < -0.39 is 0 Å². The lowest BCUT2D eigenvalue weighted by Gasteiger charge is -2.33. The first-order valence-electron chi connectivity index (χ1n) is 6.03. The Morgan fingerprint density at radius 1 is 1.25 bits per heavy atom. The van der Waals surface area contributed by atoms with E-state index in [1.807, 2.05) is 7.05 Å². The van der Waals surface area contributed by atoms with Crippen molar-refractivity contribution in [2.75, 3.05) is 7.05 Å². The molecule has 1 N–H and O–H groups in total. The Morgan fingerprint density at radius 2 is 1.94 bits per heavy atom. The maximum Gasteiger partial charge on any atom is 0.0441 e. The van der Waals surface area contributed by atoms with Crippen LogP contribution in [0.4, 0.5) is 0 Å². The highest BCUT2D eigenvalue weighted by Crippen LogP contribution is 2.42. The topological polar surface area (TPSA) is 12.0 Å². The Balaban J connectivity index is 2.67. The van der Waals surface area contributed by atoms with E-state index in [1.54, 1.807) is 0 Å². The summed E-state index contributed by atoms with van der Waals surface area (Å²) in [5.41, 5.74) is 5.57. The third-order valence-electron chi connectivity index (χ3n) is 3.90. The van der Waals surface area contributed by atoms with E-state index in [0.29, 0.717) is 12.0 Å². The van der Waals surface area contributed by atoms with Gasteiger partial charge in [-0.2, -0.15) is 0 Å². The van der Waals surface area contributed by atoms with Crippen LogP contribution in [-0.2, 0) is 0 Å². The molecule has 2 heteroatoms. The quantitative estimate of drug-likeness (QED) is 0.775. The predicted octanol–water partition coefficient (Wildman–Crippen LogP) is 4.11. The van der Waals surface area contributed by atoms with Gasteiger partial charge in [0.15, 0.2) is 0 Å². The molecule has 16 heavy (non-hydrogen) atoms. The molecule has 2 atom stereocenters. The minimum atomic E-state index is 0.476. The van der Waals surface area contributed by atoms with Crippen molar-refractivity contribution < 1.29 is 0 Å². The molecular formula is C14H20ClN. The summed E-state index contributed by atoms with van der Waals surface area (Å²) in [7, 11) is 2.04. The van der Waals surface area contributed by atoms with Crippen molar-refractivity contribution in [2.24, 2.45) is 0 Å². The Hall–Kier alpha value is -0.530. The van der Waals surface area contributed by atoms with Crippen LogP contribution >= 0.6 is 11.6 Å². The Labute approximate surface area is 103 Å². The van der Waals surface area contributed by atoms with Crippen LogP contribution in [0.25, 0.3) is 0 Å². The maximum atomic E-state index is 6.29. The molecule has 0 amide bonds. The molecule has 2 rings (SSSR count). The summed E-state index contributed by atoms with van der Waals surface area (Å²) in [6, 6.07) is 2.59. The number of benzene rings is 1. The number of rotatable bonds is 1. The first kappa shape index (κ1) is 11.9. The van der Waals surface area contributed by atoms with Crippen molar-refractivity contribution in [3.8, 4) is 0 Å². The summed E-state index contributed by atoms with van der Waals surface area (Å²) >= 11 is 6.29. The van der Waals surface area contributed by atoms with Crippen LogP contribution in [0.5, 0.6) is 0 Å². The number of hydrogen-bond acceptors (Lipinski definition) is 1.